The van der Waals surface area contributed by atoms with E-state index < -0.39 is 23.4 Å². The summed E-state index contributed by atoms with van der Waals surface area (Å²) in [5.74, 6) is 0. The van der Waals surface area contributed by atoms with Crippen LogP contribution in [0.4, 0.5) is 23.7 Å². The number of amides is 1. The van der Waals surface area contributed by atoms with Crippen LogP contribution >= 0.6 is 0 Å². The van der Waals surface area contributed by atoms with Crippen LogP contribution in [0.5, 0.6) is 0 Å². The number of carbonyl (C=O) groups excluding carboxylic acids is 1. The van der Waals surface area contributed by atoms with Crippen molar-refractivity contribution in [2.24, 2.45) is 0 Å². The van der Waals surface area contributed by atoms with E-state index in [-0.39, 0.29) is 18.5 Å². The molecule has 174 valence electrons. The lowest BCUT2D eigenvalue weighted by Gasteiger charge is -2.12. The third kappa shape index (κ3) is 5.52. The van der Waals surface area contributed by atoms with Gasteiger partial charge in [0, 0.05) is 0 Å². The highest BCUT2D eigenvalue weighted by molar-refractivity contribution is 5.82. The third-order valence-corrected chi connectivity index (χ3v) is 4.95. The molecule has 0 fully saturated rings. The van der Waals surface area contributed by atoms with Gasteiger partial charge >= 0.3 is 12.3 Å². The summed E-state index contributed by atoms with van der Waals surface area (Å²) in [4.78, 5) is 29.1. The molecular weight excluding hydrogens is 449 g/mol. The Bertz CT molecular complexity index is 1370. The van der Waals surface area contributed by atoms with Crippen LogP contribution in [-0.4, -0.2) is 15.6 Å². The molecule has 0 aliphatic rings. The third-order valence-electron chi connectivity index (χ3n) is 4.95. The van der Waals surface area contributed by atoms with Gasteiger partial charge in [-0.05, 0) is 41.5 Å². The second kappa shape index (κ2) is 9.65. The number of carbonyl (C=O) groups is 1. The number of fused-ring (bicyclic) bond motifs is 1. The maximum absolute atomic E-state index is 13.0. The van der Waals surface area contributed by atoms with Crippen molar-refractivity contribution in [3.05, 3.63) is 106 Å². The molecule has 0 atom stereocenters. The summed E-state index contributed by atoms with van der Waals surface area (Å²) in [5.41, 5.74) is 5.78. The molecule has 0 saturated heterocycles. The molecular formula is C24H19F3N4O3. The Morgan fingerprint density at radius 1 is 0.971 bits per heavy atom. The van der Waals surface area contributed by atoms with Gasteiger partial charge in [-0.2, -0.15) is 13.2 Å². The van der Waals surface area contributed by atoms with Crippen molar-refractivity contribution in [3.8, 4) is 0 Å². The molecule has 0 aliphatic carbocycles. The number of halogens is 3. The van der Waals surface area contributed by atoms with E-state index in [9.17, 15) is 22.8 Å². The summed E-state index contributed by atoms with van der Waals surface area (Å²) in [6, 6.07) is 18.6. The Kier molecular flexibility index (Phi) is 6.48. The number of hydrogen-bond acceptors (Lipinski definition) is 5. The van der Waals surface area contributed by atoms with Crippen molar-refractivity contribution in [1.29, 1.82) is 0 Å². The van der Waals surface area contributed by atoms with Crippen LogP contribution < -0.4 is 16.4 Å². The van der Waals surface area contributed by atoms with Crippen molar-refractivity contribution in [2.75, 3.05) is 5.43 Å². The lowest BCUT2D eigenvalue weighted by Crippen LogP contribution is -2.30. The Morgan fingerprint density at radius 3 is 2.50 bits per heavy atom. The number of benzene rings is 3. The van der Waals surface area contributed by atoms with Crippen LogP contribution in [0, 0.1) is 0 Å². The van der Waals surface area contributed by atoms with Crippen LogP contribution in [0.15, 0.2) is 83.9 Å². The molecule has 10 heteroatoms. The Balaban J connectivity index is 1.46. The Hall–Kier alpha value is -4.34. The molecule has 0 radical (unpaired) electrons. The number of anilines is 1. The van der Waals surface area contributed by atoms with E-state index in [1.54, 1.807) is 12.1 Å². The van der Waals surface area contributed by atoms with Gasteiger partial charge in [-0.1, -0.05) is 42.5 Å². The zero-order valence-electron chi connectivity index (χ0n) is 17.7. The lowest BCUT2D eigenvalue weighted by atomic mass is 10.1. The average Bonchev–Trinajstić information content (AvgIpc) is 2.83. The first kappa shape index (κ1) is 22.8. The van der Waals surface area contributed by atoms with E-state index in [0.29, 0.717) is 16.8 Å². The van der Waals surface area contributed by atoms with Crippen LogP contribution in [0.2, 0.25) is 0 Å². The van der Waals surface area contributed by atoms with Crippen LogP contribution in [0.1, 0.15) is 16.7 Å². The number of rotatable bonds is 6. The van der Waals surface area contributed by atoms with Gasteiger partial charge in [-0.15, -0.1) is 0 Å². The molecule has 1 aromatic heterocycles. The van der Waals surface area contributed by atoms with Gasteiger partial charge in [0.15, 0.2) is 0 Å². The van der Waals surface area contributed by atoms with Crippen LogP contribution in [0.25, 0.3) is 10.9 Å². The molecule has 4 aromatic rings. The number of hydrogen-bond donors (Lipinski definition) is 2. The number of nitrogens with zero attached hydrogens (tertiary/aromatic N) is 2. The van der Waals surface area contributed by atoms with Gasteiger partial charge in [0.2, 0.25) is 0 Å². The number of alkyl halides is 3. The van der Waals surface area contributed by atoms with Gasteiger partial charge in [-0.25, -0.2) is 15.2 Å². The fourth-order valence-corrected chi connectivity index (χ4v) is 3.27. The molecule has 0 saturated carbocycles. The summed E-state index contributed by atoms with van der Waals surface area (Å²) in [6.45, 7) is 0.0175. The number of nitrogens with one attached hydrogen (secondary N) is 2. The topological polar surface area (TPSA) is 85.3 Å². The summed E-state index contributed by atoms with van der Waals surface area (Å²) < 4.78 is 45.3. The largest absolute Gasteiger partial charge is 0.443 e. The zero-order valence-corrected chi connectivity index (χ0v) is 17.7. The molecule has 34 heavy (non-hydrogen) atoms. The van der Waals surface area contributed by atoms with E-state index in [1.807, 2.05) is 30.3 Å². The van der Waals surface area contributed by atoms with E-state index in [4.69, 9.17) is 4.74 Å². The highest BCUT2D eigenvalue weighted by atomic mass is 19.4. The van der Waals surface area contributed by atoms with Gasteiger partial charge in [0.1, 0.15) is 6.61 Å². The van der Waals surface area contributed by atoms with Crippen molar-refractivity contribution >= 4 is 22.7 Å². The van der Waals surface area contributed by atoms with E-state index in [1.165, 1.54) is 29.1 Å². The number of hydrazine groups is 1. The first-order valence-corrected chi connectivity index (χ1v) is 10.2. The quantitative estimate of drug-likeness (QED) is 0.400. The molecule has 1 heterocycles. The molecule has 7 nitrogen and oxygen atoms in total. The van der Waals surface area contributed by atoms with E-state index in [0.717, 1.165) is 17.7 Å². The van der Waals surface area contributed by atoms with Crippen LogP contribution in [0.3, 0.4) is 0 Å². The smallest absolute Gasteiger partial charge is 0.426 e. The SMILES string of the molecule is O=C(NNc1ccc2ncn(Cc3cccc(C(F)(F)F)c3)c(=O)c2c1)OCc1ccccc1. The predicted molar refractivity (Wildman–Crippen MR) is 120 cm³/mol. The normalized spacial score (nSPS) is 11.3. The highest BCUT2D eigenvalue weighted by Crippen LogP contribution is 2.29. The van der Waals surface area contributed by atoms with Crippen LogP contribution in [-0.2, 0) is 24.1 Å². The highest BCUT2D eigenvalue weighted by Gasteiger charge is 2.30. The minimum Gasteiger partial charge on any atom is -0.443 e. The molecule has 1 amide bonds. The summed E-state index contributed by atoms with van der Waals surface area (Å²) in [6.07, 6.45) is -3.90. The Morgan fingerprint density at radius 2 is 1.74 bits per heavy atom. The van der Waals surface area contributed by atoms with E-state index >= 15 is 0 Å². The fourth-order valence-electron chi connectivity index (χ4n) is 3.27. The fraction of sp³-hybridized carbons (Fsp3) is 0.125. The van der Waals surface area contributed by atoms with Gasteiger partial charge in [0.25, 0.3) is 5.56 Å². The van der Waals surface area contributed by atoms with Gasteiger partial charge in [0.05, 0.1) is 35.0 Å². The summed E-state index contributed by atoms with van der Waals surface area (Å²) in [5, 5.41) is 0.235. The predicted octanol–water partition coefficient (Wildman–Crippen LogP) is 4.72. The van der Waals surface area contributed by atoms with Gasteiger partial charge in [-0.3, -0.25) is 14.8 Å². The minimum atomic E-state index is -4.47. The van der Waals surface area contributed by atoms with E-state index in [2.05, 4.69) is 15.8 Å². The molecule has 2 N–H and O–H groups in total. The monoisotopic (exact) mass is 468 g/mol. The second-order valence-electron chi connectivity index (χ2n) is 7.42. The number of aromatic nitrogens is 2. The average molecular weight is 468 g/mol. The molecule has 4 rings (SSSR count). The molecule has 0 bridgehead atoms. The maximum Gasteiger partial charge on any atom is 0.426 e. The van der Waals surface area contributed by atoms with Crippen molar-refractivity contribution in [1.82, 2.24) is 15.0 Å². The standard InChI is InChI=1S/C24H19F3N4O3/c25-24(26,27)18-8-4-7-17(11-18)13-31-15-28-21-10-9-19(12-20(21)22(31)32)29-30-23(33)34-14-16-5-2-1-3-6-16/h1-12,15,29H,13-14H2,(H,30,33). The molecule has 0 unspecified atom stereocenters. The minimum absolute atomic E-state index is 0.0760. The second-order valence-corrected chi connectivity index (χ2v) is 7.42. The van der Waals surface area contributed by atoms with Crippen molar-refractivity contribution in [2.45, 2.75) is 19.3 Å². The molecule has 0 spiro atoms. The zero-order chi connectivity index (χ0) is 24.1. The lowest BCUT2D eigenvalue weighted by molar-refractivity contribution is -0.137. The summed E-state index contributed by atoms with van der Waals surface area (Å²) >= 11 is 0. The van der Waals surface area contributed by atoms with Crippen molar-refractivity contribution in [3.63, 3.8) is 0 Å². The summed E-state index contributed by atoms with van der Waals surface area (Å²) in [7, 11) is 0. The van der Waals surface area contributed by atoms with Crippen molar-refractivity contribution < 1.29 is 22.7 Å². The van der Waals surface area contributed by atoms with Gasteiger partial charge < -0.3 is 4.74 Å². The molecule has 3 aromatic carbocycles. The Labute approximate surface area is 191 Å². The maximum atomic E-state index is 13.0. The first-order chi connectivity index (χ1) is 16.3. The molecule has 0 aliphatic heterocycles. The first-order valence-electron chi connectivity index (χ1n) is 10.2. The number of ether oxygens (including phenoxy) is 1.